The van der Waals surface area contributed by atoms with Crippen LogP contribution in [-0.4, -0.2) is 70.1 Å². The molecule has 0 atom stereocenters. The predicted octanol–water partition coefficient (Wildman–Crippen LogP) is 1.15. The highest BCUT2D eigenvalue weighted by atomic mass is 15.4. The summed E-state index contributed by atoms with van der Waals surface area (Å²) in [7, 11) is 5.97. The number of piperazine rings is 1. The summed E-state index contributed by atoms with van der Waals surface area (Å²) in [6.45, 7) is 4.95. The second-order valence-electron chi connectivity index (χ2n) is 6.91. The van der Waals surface area contributed by atoms with Crippen LogP contribution in [0.1, 0.15) is 5.69 Å². The zero-order chi connectivity index (χ0) is 18.1. The SMILES string of the molecule is CN(C)c1ncnc2ccc(N3CCN(Cc4cnnn4C)CC3)cc12. The van der Waals surface area contributed by atoms with Gasteiger partial charge in [-0.3, -0.25) is 9.58 Å². The number of aryl methyl sites for hydroxylation is 1. The Balaban J connectivity index is 1.49. The third-order valence-electron chi connectivity index (χ3n) is 4.95. The molecule has 1 aromatic carbocycles. The van der Waals surface area contributed by atoms with Crippen molar-refractivity contribution in [1.29, 1.82) is 0 Å². The number of anilines is 2. The average Bonchev–Trinajstić information content (AvgIpc) is 3.06. The Labute approximate surface area is 153 Å². The maximum Gasteiger partial charge on any atom is 0.139 e. The van der Waals surface area contributed by atoms with Crippen LogP contribution < -0.4 is 9.80 Å². The van der Waals surface area contributed by atoms with Gasteiger partial charge in [0, 0.05) is 64.9 Å². The summed E-state index contributed by atoms with van der Waals surface area (Å²) in [5.41, 5.74) is 3.36. The summed E-state index contributed by atoms with van der Waals surface area (Å²) in [4.78, 5) is 15.7. The molecule has 136 valence electrons. The normalized spacial score (nSPS) is 15.6. The summed E-state index contributed by atoms with van der Waals surface area (Å²) in [5, 5.41) is 9.07. The van der Waals surface area contributed by atoms with Crippen molar-refractivity contribution in [2.75, 3.05) is 50.1 Å². The van der Waals surface area contributed by atoms with E-state index in [1.807, 2.05) is 36.9 Å². The van der Waals surface area contributed by atoms with Crippen LogP contribution >= 0.6 is 0 Å². The Morgan fingerprint density at radius 2 is 1.88 bits per heavy atom. The summed E-state index contributed by atoms with van der Waals surface area (Å²) >= 11 is 0. The van der Waals surface area contributed by atoms with E-state index >= 15 is 0 Å². The summed E-state index contributed by atoms with van der Waals surface area (Å²) < 4.78 is 1.85. The molecule has 8 nitrogen and oxygen atoms in total. The van der Waals surface area contributed by atoms with E-state index in [-0.39, 0.29) is 0 Å². The fourth-order valence-corrected chi connectivity index (χ4v) is 3.43. The molecule has 26 heavy (non-hydrogen) atoms. The molecule has 1 aliphatic rings. The van der Waals surface area contributed by atoms with Gasteiger partial charge in [0.1, 0.15) is 12.1 Å². The minimum absolute atomic E-state index is 0.897. The fraction of sp³-hybridized carbons (Fsp3) is 0.444. The molecule has 0 saturated carbocycles. The Bertz CT molecular complexity index is 895. The highest BCUT2D eigenvalue weighted by Crippen LogP contribution is 2.27. The number of rotatable bonds is 4. The second-order valence-corrected chi connectivity index (χ2v) is 6.91. The zero-order valence-corrected chi connectivity index (χ0v) is 15.5. The van der Waals surface area contributed by atoms with E-state index in [1.165, 1.54) is 5.69 Å². The molecule has 0 bridgehead atoms. The van der Waals surface area contributed by atoms with Crippen molar-refractivity contribution >= 4 is 22.4 Å². The first-order valence-corrected chi connectivity index (χ1v) is 8.85. The van der Waals surface area contributed by atoms with E-state index in [0.29, 0.717) is 0 Å². The van der Waals surface area contributed by atoms with Gasteiger partial charge in [-0.05, 0) is 18.2 Å². The van der Waals surface area contributed by atoms with Crippen molar-refractivity contribution in [2.24, 2.45) is 7.05 Å². The van der Waals surface area contributed by atoms with Crippen LogP contribution in [0.2, 0.25) is 0 Å². The van der Waals surface area contributed by atoms with E-state index in [2.05, 4.69) is 48.3 Å². The van der Waals surface area contributed by atoms with Crippen LogP contribution in [0, 0.1) is 0 Å². The van der Waals surface area contributed by atoms with Gasteiger partial charge in [-0.1, -0.05) is 5.21 Å². The first-order chi connectivity index (χ1) is 12.6. The maximum absolute atomic E-state index is 4.43. The number of hydrogen-bond donors (Lipinski definition) is 0. The Hall–Kier alpha value is -2.74. The number of nitrogens with zero attached hydrogens (tertiary/aromatic N) is 8. The lowest BCUT2D eigenvalue weighted by Crippen LogP contribution is -2.46. The largest absolute Gasteiger partial charge is 0.369 e. The van der Waals surface area contributed by atoms with Crippen molar-refractivity contribution in [1.82, 2.24) is 29.9 Å². The molecule has 0 radical (unpaired) electrons. The second kappa shape index (κ2) is 6.87. The lowest BCUT2D eigenvalue weighted by Gasteiger charge is -2.36. The molecule has 2 aromatic heterocycles. The standard InChI is InChI=1S/C18H24N8/c1-23(2)18-16-10-14(4-5-17(16)19-13-20-18)26-8-6-25(7-9-26)12-15-11-21-22-24(15)3/h4-5,10-11,13H,6-9,12H2,1-3H3. The van der Waals surface area contributed by atoms with Crippen LogP contribution in [0.4, 0.5) is 11.5 Å². The molecule has 1 fully saturated rings. The highest BCUT2D eigenvalue weighted by molar-refractivity contribution is 5.91. The van der Waals surface area contributed by atoms with Crippen LogP contribution in [0.15, 0.2) is 30.7 Å². The first kappa shape index (κ1) is 16.7. The maximum atomic E-state index is 4.43. The van der Waals surface area contributed by atoms with Gasteiger partial charge in [-0.2, -0.15) is 0 Å². The van der Waals surface area contributed by atoms with Gasteiger partial charge in [0.25, 0.3) is 0 Å². The van der Waals surface area contributed by atoms with Crippen LogP contribution in [-0.2, 0) is 13.6 Å². The monoisotopic (exact) mass is 352 g/mol. The highest BCUT2D eigenvalue weighted by Gasteiger charge is 2.19. The predicted molar refractivity (Wildman–Crippen MR) is 102 cm³/mol. The first-order valence-electron chi connectivity index (χ1n) is 8.85. The van der Waals surface area contributed by atoms with E-state index in [1.54, 1.807) is 6.33 Å². The van der Waals surface area contributed by atoms with Gasteiger partial charge < -0.3 is 9.80 Å². The van der Waals surface area contributed by atoms with Crippen molar-refractivity contribution < 1.29 is 0 Å². The molecule has 4 rings (SSSR count). The number of aromatic nitrogens is 5. The molecule has 1 saturated heterocycles. The van der Waals surface area contributed by atoms with Crippen LogP contribution in [0.3, 0.4) is 0 Å². The molecule has 0 aliphatic carbocycles. The van der Waals surface area contributed by atoms with Crippen LogP contribution in [0.25, 0.3) is 10.9 Å². The Morgan fingerprint density at radius 3 is 2.58 bits per heavy atom. The molecule has 0 spiro atoms. The fourth-order valence-electron chi connectivity index (χ4n) is 3.43. The van der Waals surface area contributed by atoms with Gasteiger partial charge >= 0.3 is 0 Å². The minimum Gasteiger partial charge on any atom is -0.369 e. The quantitative estimate of drug-likeness (QED) is 0.698. The van der Waals surface area contributed by atoms with Crippen molar-refractivity contribution in [3.05, 3.63) is 36.4 Å². The van der Waals surface area contributed by atoms with Gasteiger partial charge in [0.15, 0.2) is 0 Å². The lowest BCUT2D eigenvalue weighted by atomic mass is 10.1. The van der Waals surface area contributed by atoms with Crippen molar-refractivity contribution in [3.63, 3.8) is 0 Å². The summed E-state index contributed by atoms with van der Waals surface area (Å²) in [6, 6.07) is 6.47. The summed E-state index contributed by atoms with van der Waals surface area (Å²) in [6.07, 6.45) is 3.47. The van der Waals surface area contributed by atoms with E-state index in [9.17, 15) is 0 Å². The van der Waals surface area contributed by atoms with Gasteiger partial charge in [0.05, 0.1) is 17.4 Å². The van der Waals surface area contributed by atoms with Gasteiger partial charge in [-0.15, -0.1) is 5.10 Å². The van der Waals surface area contributed by atoms with Crippen molar-refractivity contribution in [3.8, 4) is 0 Å². The summed E-state index contributed by atoms with van der Waals surface area (Å²) in [5.74, 6) is 0.958. The molecule has 3 aromatic rings. The minimum atomic E-state index is 0.897. The molecule has 3 heterocycles. The molecule has 0 N–H and O–H groups in total. The van der Waals surface area contributed by atoms with Gasteiger partial charge in [-0.25, -0.2) is 9.97 Å². The molecule has 0 unspecified atom stereocenters. The van der Waals surface area contributed by atoms with Crippen molar-refractivity contribution in [2.45, 2.75) is 6.54 Å². The molecule has 1 aliphatic heterocycles. The number of hydrogen-bond acceptors (Lipinski definition) is 7. The molecular formula is C18H24N8. The van der Waals surface area contributed by atoms with Crippen LogP contribution in [0.5, 0.6) is 0 Å². The number of fused-ring (bicyclic) bond motifs is 1. The Kier molecular flexibility index (Phi) is 4.42. The Morgan fingerprint density at radius 1 is 1.08 bits per heavy atom. The zero-order valence-electron chi connectivity index (χ0n) is 15.5. The topological polar surface area (TPSA) is 66.2 Å². The van der Waals surface area contributed by atoms with Gasteiger partial charge in [0.2, 0.25) is 0 Å². The van der Waals surface area contributed by atoms with E-state index in [0.717, 1.165) is 55.1 Å². The molecule has 0 amide bonds. The smallest absolute Gasteiger partial charge is 0.139 e. The molecule has 8 heteroatoms. The van der Waals surface area contributed by atoms with E-state index in [4.69, 9.17) is 0 Å². The number of benzene rings is 1. The third kappa shape index (κ3) is 3.20. The third-order valence-corrected chi connectivity index (χ3v) is 4.95. The average molecular weight is 352 g/mol. The lowest BCUT2D eigenvalue weighted by molar-refractivity contribution is 0.244. The van der Waals surface area contributed by atoms with E-state index < -0.39 is 0 Å². The molecular weight excluding hydrogens is 328 g/mol.